The summed E-state index contributed by atoms with van der Waals surface area (Å²) in [5.74, 6) is 0.743. The summed E-state index contributed by atoms with van der Waals surface area (Å²) in [5.41, 5.74) is 6.27. The Balaban J connectivity index is 1.46. The number of anilines is 1. The molecule has 11 nitrogen and oxygen atoms in total. The topological polar surface area (TPSA) is 137 Å². The largest absolute Gasteiger partial charge is 0.496 e. The van der Waals surface area contributed by atoms with E-state index >= 15 is 0 Å². The Morgan fingerprint density at radius 3 is 2.28 bits per heavy atom. The van der Waals surface area contributed by atoms with Crippen molar-refractivity contribution >= 4 is 21.7 Å². The number of hydrogen-bond acceptors (Lipinski definition) is 8. The molecule has 0 saturated carbocycles. The van der Waals surface area contributed by atoms with E-state index in [0.717, 1.165) is 5.69 Å². The fourth-order valence-electron chi connectivity index (χ4n) is 3.50. The van der Waals surface area contributed by atoms with Crippen LogP contribution in [0.25, 0.3) is 5.82 Å². The van der Waals surface area contributed by atoms with Gasteiger partial charge in [0.15, 0.2) is 11.6 Å². The van der Waals surface area contributed by atoms with E-state index in [1.807, 2.05) is 36.2 Å². The van der Waals surface area contributed by atoms with Gasteiger partial charge in [0.2, 0.25) is 10.0 Å². The minimum atomic E-state index is -3.79. The Morgan fingerprint density at radius 1 is 1.03 bits per heavy atom. The monoisotopic (exact) mass is 457 g/mol. The van der Waals surface area contributed by atoms with Crippen LogP contribution in [0.5, 0.6) is 5.75 Å². The van der Waals surface area contributed by atoms with Crippen molar-refractivity contribution in [3.63, 3.8) is 0 Å². The van der Waals surface area contributed by atoms with Crippen LogP contribution in [0.1, 0.15) is 16.1 Å². The molecule has 1 aliphatic rings. The number of nitrogens with zero attached hydrogens (tertiary/aromatic N) is 6. The number of piperazine rings is 1. The Bertz CT molecular complexity index is 1230. The van der Waals surface area contributed by atoms with Crippen molar-refractivity contribution in [3.8, 4) is 11.6 Å². The van der Waals surface area contributed by atoms with Crippen LogP contribution in [0.15, 0.2) is 47.5 Å². The van der Waals surface area contributed by atoms with Gasteiger partial charge in [-0.1, -0.05) is 0 Å². The van der Waals surface area contributed by atoms with Crippen LogP contribution < -0.4 is 15.4 Å². The first-order valence-corrected chi connectivity index (χ1v) is 11.3. The molecule has 4 rings (SSSR count). The van der Waals surface area contributed by atoms with E-state index in [1.54, 1.807) is 4.68 Å². The van der Waals surface area contributed by atoms with E-state index in [9.17, 15) is 13.2 Å². The van der Waals surface area contributed by atoms with Crippen LogP contribution in [0.3, 0.4) is 0 Å². The van der Waals surface area contributed by atoms with Crippen molar-refractivity contribution < 1.29 is 17.9 Å². The molecule has 0 spiro atoms. The number of ether oxygens (including phenoxy) is 1. The van der Waals surface area contributed by atoms with E-state index < -0.39 is 15.9 Å². The maximum absolute atomic E-state index is 13.1. The zero-order valence-electron chi connectivity index (χ0n) is 17.7. The molecule has 0 atom stereocenters. The highest BCUT2D eigenvalue weighted by atomic mass is 32.2. The van der Waals surface area contributed by atoms with Gasteiger partial charge in [0.1, 0.15) is 5.75 Å². The second-order valence-corrected chi connectivity index (χ2v) is 9.21. The molecule has 1 fully saturated rings. The lowest BCUT2D eigenvalue weighted by Crippen LogP contribution is -2.49. The molecule has 1 aromatic carbocycles. The maximum atomic E-state index is 13.1. The summed E-state index contributed by atoms with van der Waals surface area (Å²) in [6, 6.07) is 9.64. The standard InChI is InChI=1S/C20H23N7O4S/c1-14-7-8-27(24-14)19-6-5-18(22-23-19)25-9-11-26(12-10-25)32(29,30)15-3-4-17(31-2)16(13-15)20(21)28/h3-8,13H,9-12H2,1-2H3,(H2,21,28). The first-order valence-electron chi connectivity index (χ1n) is 9.89. The van der Waals surface area contributed by atoms with Crippen molar-refractivity contribution in [1.29, 1.82) is 0 Å². The van der Waals surface area contributed by atoms with Gasteiger partial charge < -0.3 is 15.4 Å². The number of amides is 1. The van der Waals surface area contributed by atoms with E-state index in [0.29, 0.717) is 24.7 Å². The molecule has 168 valence electrons. The molecule has 1 saturated heterocycles. The van der Waals surface area contributed by atoms with Crippen molar-refractivity contribution in [2.24, 2.45) is 5.73 Å². The molecule has 3 heterocycles. The molecule has 1 aliphatic heterocycles. The number of sulfonamides is 1. The second-order valence-electron chi connectivity index (χ2n) is 7.27. The number of nitrogens with two attached hydrogens (primary N) is 1. The van der Waals surface area contributed by atoms with Crippen molar-refractivity contribution in [2.75, 3.05) is 38.2 Å². The van der Waals surface area contributed by atoms with Gasteiger partial charge in [0, 0.05) is 32.4 Å². The van der Waals surface area contributed by atoms with Gasteiger partial charge >= 0.3 is 0 Å². The summed E-state index contributed by atoms with van der Waals surface area (Å²) in [5, 5.41) is 12.8. The van der Waals surface area contributed by atoms with Gasteiger partial charge in [-0.15, -0.1) is 10.2 Å². The molecule has 0 bridgehead atoms. The molecule has 2 aromatic heterocycles. The number of hydrogen-bond donors (Lipinski definition) is 1. The lowest BCUT2D eigenvalue weighted by Gasteiger charge is -2.34. The van der Waals surface area contributed by atoms with Crippen LogP contribution in [0.4, 0.5) is 5.82 Å². The minimum absolute atomic E-state index is 0.000731. The number of primary amides is 1. The lowest BCUT2D eigenvalue weighted by atomic mass is 10.2. The molecule has 3 aromatic rings. The zero-order valence-corrected chi connectivity index (χ0v) is 18.5. The summed E-state index contributed by atoms with van der Waals surface area (Å²) < 4.78 is 34.3. The first kappa shape index (κ1) is 21.7. The average Bonchev–Trinajstić information content (AvgIpc) is 3.25. The molecule has 0 unspecified atom stereocenters. The average molecular weight is 458 g/mol. The Kier molecular flexibility index (Phi) is 5.80. The molecule has 12 heteroatoms. The number of benzene rings is 1. The lowest BCUT2D eigenvalue weighted by molar-refractivity contribution is 0.0997. The van der Waals surface area contributed by atoms with Gasteiger partial charge in [-0.2, -0.15) is 9.40 Å². The normalized spacial score (nSPS) is 15.0. The number of methoxy groups -OCH3 is 1. The van der Waals surface area contributed by atoms with E-state index in [4.69, 9.17) is 10.5 Å². The Labute approximate surface area is 185 Å². The van der Waals surface area contributed by atoms with E-state index in [-0.39, 0.29) is 29.3 Å². The van der Waals surface area contributed by atoms with Gasteiger partial charge in [-0.3, -0.25) is 4.79 Å². The third-order valence-electron chi connectivity index (χ3n) is 5.23. The summed E-state index contributed by atoms with van der Waals surface area (Å²) in [6.45, 7) is 3.33. The van der Waals surface area contributed by atoms with Gasteiger partial charge in [-0.25, -0.2) is 13.1 Å². The number of rotatable bonds is 6. The minimum Gasteiger partial charge on any atom is -0.496 e. The first-order chi connectivity index (χ1) is 15.3. The third-order valence-corrected chi connectivity index (χ3v) is 7.12. The fourth-order valence-corrected chi connectivity index (χ4v) is 4.95. The number of aryl methyl sites for hydroxylation is 1. The predicted molar refractivity (Wildman–Crippen MR) is 116 cm³/mol. The Hall–Kier alpha value is -3.51. The van der Waals surface area contributed by atoms with Crippen LogP contribution in [-0.4, -0.2) is 71.9 Å². The number of carbonyl (C=O) groups excluding carboxylic acids is 1. The van der Waals surface area contributed by atoms with Crippen molar-refractivity contribution in [1.82, 2.24) is 24.3 Å². The molecule has 32 heavy (non-hydrogen) atoms. The number of aromatic nitrogens is 4. The van der Waals surface area contributed by atoms with Gasteiger partial charge in [0.25, 0.3) is 5.91 Å². The van der Waals surface area contributed by atoms with Crippen LogP contribution in [0.2, 0.25) is 0 Å². The molecule has 1 amide bonds. The summed E-state index contributed by atoms with van der Waals surface area (Å²) in [7, 11) is -2.40. The second kappa shape index (κ2) is 8.55. The molecular formula is C20H23N7O4S. The SMILES string of the molecule is COc1ccc(S(=O)(=O)N2CCN(c3ccc(-n4ccc(C)n4)nn3)CC2)cc1C(N)=O. The van der Waals surface area contributed by atoms with Crippen molar-refractivity contribution in [2.45, 2.75) is 11.8 Å². The third kappa shape index (κ3) is 4.14. The van der Waals surface area contributed by atoms with E-state index in [1.165, 1.54) is 29.6 Å². The highest BCUT2D eigenvalue weighted by molar-refractivity contribution is 7.89. The molecule has 0 radical (unpaired) electrons. The van der Waals surface area contributed by atoms with Crippen LogP contribution in [0, 0.1) is 6.92 Å². The van der Waals surface area contributed by atoms with Gasteiger partial charge in [-0.05, 0) is 43.3 Å². The summed E-state index contributed by atoms with van der Waals surface area (Å²) in [6.07, 6.45) is 1.81. The predicted octanol–water partition coefficient (Wildman–Crippen LogP) is 0.589. The fraction of sp³-hybridized carbons (Fsp3) is 0.300. The number of carbonyl (C=O) groups is 1. The van der Waals surface area contributed by atoms with Crippen molar-refractivity contribution in [3.05, 3.63) is 53.9 Å². The Morgan fingerprint density at radius 2 is 1.72 bits per heavy atom. The van der Waals surface area contributed by atoms with Crippen LogP contribution in [-0.2, 0) is 10.0 Å². The van der Waals surface area contributed by atoms with E-state index in [2.05, 4.69) is 15.3 Å². The molecule has 2 N–H and O–H groups in total. The summed E-state index contributed by atoms with van der Waals surface area (Å²) >= 11 is 0. The summed E-state index contributed by atoms with van der Waals surface area (Å²) in [4.78, 5) is 13.6. The van der Waals surface area contributed by atoms with Crippen LogP contribution >= 0.6 is 0 Å². The highest BCUT2D eigenvalue weighted by Gasteiger charge is 2.30. The quantitative estimate of drug-likeness (QED) is 0.568. The zero-order chi connectivity index (χ0) is 22.9. The van der Waals surface area contributed by atoms with Gasteiger partial charge in [0.05, 0.1) is 23.3 Å². The smallest absolute Gasteiger partial charge is 0.252 e. The molecular weight excluding hydrogens is 434 g/mol. The maximum Gasteiger partial charge on any atom is 0.252 e. The molecule has 0 aliphatic carbocycles. The highest BCUT2D eigenvalue weighted by Crippen LogP contribution is 2.25.